The van der Waals surface area contributed by atoms with Gasteiger partial charge < -0.3 is 15.0 Å². The molecule has 2 aliphatic rings. The molecule has 4 heteroatoms. The van der Waals surface area contributed by atoms with Crippen molar-refractivity contribution in [2.75, 3.05) is 31.6 Å². The van der Waals surface area contributed by atoms with Crippen molar-refractivity contribution in [1.29, 1.82) is 0 Å². The number of anilines is 1. The third kappa shape index (κ3) is 1.45. The fourth-order valence-electron chi connectivity index (χ4n) is 2.87. The maximum Gasteiger partial charge on any atom is 0.171 e. The van der Waals surface area contributed by atoms with E-state index in [9.17, 15) is 0 Å². The Hall–Kier alpha value is -1.29. The van der Waals surface area contributed by atoms with Crippen LogP contribution in [-0.2, 0) is 0 Å². The molecule has 4 nitrogen and oxygen atoms in total. The van der Waals surface area contributed by atoms with Crippen LogP contribution in [0, 0.1) is 5.92 Å². The second kappa shape index (κ2) is 3.94. The van der Waals surface area contributed by atoms with E-state index in [0.29, 0.717) is 6.04 Å². The van der Waals surface area contributed by atoms with Crippen LogP contribution in [0.2, 0.25) is 0 Å². The van der Waals surface area contributed by atoms with Crippen LogP contribution in [0.5, 0.6) is 5.75 Å². The minimum absolute atomic E-state index is 0.601. The fraction of sp³-hybridized carbons (Fsp3) is 0.583. The number of nitrogens with one attached hydrogen (secondary N) is 1. The van der Waals surface area contributed by atoms with Gasteiger partial charge in [0, 0.05) is 31.9 Å². The zero-order valence-corrected chi connectivity index (χ0v) is 9.52. The molecule has 16 heavy (non-hydrogen) atoms. The Kier molecular flexibility index (Phi) is 2.44. The standard InChI is InChI=1S/C12H17N3O/c1-16-11-3-2-5-14-12(11)15-6-4-9-7-13-8-10(9)15/h2-3,5,9-10,13H,4,6-8H2,1H3/t9-,10+/m0/s1. The summed E-state index contributed by atoms with van der Waals surface area (Å²) >= 11 is 0. The van der Waals surface area contributed by atoms with Gasteiger partial charge in [-0.25, -0.2) is 4.98 Å². The Morgan fingerprint density at radius 2 is 2.44 bits per heavy atom. The van der Waals surface area contributed by atoms with E-state index in [1.165, 1.54) is 6.42 Å². The summed E-state index contributed by atoms with van der Waals surface area (Å²) in [6.45, 7) is 3.32. The molecule has 0 amide bonds. The van der Waals surface area contributed by atoms with Gasteiger partial charge in [-0.2, -0.15) is 0 Å². The molecule has 0 bridgehead atoms. The molecule has 0 spiro atoms. The van der Waals surface area contributed by atoms with Crippen LogP contribution in [0.4, 0.5) is 5.82 Å². The maximum absolute atomic E-state index is 5.38. The number of rotatable bonds is 2. The molecule has 1 aromatic rings. The lowest BCUT2D eigenvalue weighted by Gasteiger charge is -2.25. The highest BCUT2D eigenvalue weighted by Crippen LogP contribution is 2.35. The van der Waals surface area contributed by atoms with Crippen molar-refractivity contribution in [3.8, 4) is 5.75 Å². The van der Waals surface area contributed by atoms with Crippen LogP contribution in [0.25, 0.3) is 0 Å². The largest absolute Gasteiger partial charge is 0.493 e. The van der Waals surface area contributed by atoms with Gasteiger partial charge in [0.05, 0.1) is 7.11 Å². The topological polar surface area (TPSA) is 37.4 Å². The van der Waals surface area contributed by atoms with Gasteiger partial charge in [0.15, 0.2) is 11.6 Å². The molecule has 86 valence electrons. The minimum atomic E-state index is 0.601. The van der Waals surface area contributed by atoms with Crippen LogP contribution in [0.15, 0.2) is 18.3 Å². The quantitative estimate of drug-likeness (QED) is 0.801. The predicted octanol–water partition coefficient (Wildman–Crippen LogP) is 0.888. The van der Waals surface area contributed by atoms with Crippen LogP contribution < -0.4 is 15.0 Å². The lowest BCUT2D eigenvalue weighted by atomic mass is 10.1. The molecule has 0 aromatic carbocycles. The first-order chi connectivity index (χ1) is 7.90. The number of fused-ring (bicyclic) bond motifs is 1. The molecule has 2 saturated heterocycles. The number of nitrogens with zero attached hydrogens (tertiary/aromatic N) is 2. The molecule has 1 N–H and O–H groups in total. The van der Waals surface area contributed by atoms with Crippen molar-refractivity contribution < 1.29 is 4.74 Å². The smallest absolute Gasteiger partial charge is 0.171 e. The molecular weight excluding hydrogens is 202 g/mol. The van der Waals surface area contributed by atoms with Crippen LogP contribution in [0.3, 0.4) is 0 Å². The van der Waals surface area contributed by atoms with Gasteiger partial charge in [-0.3, -0.25) is 0 Å². The first kappa shape index (κ1) is 9.90. The minimum Gasteiger partial charge on any atom is -0.493 e. The summed E-state index contributed by atoms with van der Waals surface area (Å²) in [7, 11) is 1.71. The van der Waals surface area contributed by atoms with E-state index in [1.807, 2.05) is 18.3 Å². The molecule has 3 heterocycles. The monoisotopic (exact) mass is 219 g/mol. The van der Waals surface area contributed by atoms with Gasteiger partial charge in [0.25, 0.3) is 0 Å². The van der Waals surface area contributed by atoms with Crippen molar-refractivity contribution in [2.45, 2.75) is 12.5 Å². The molecule has 0 saturated carbocycles. The Balaban J connectivity index is 1.91. The van der Waals surface area contributed by atoms with Crippen molar-refractivity contribution in [1.82, 2.24) is 10.3 Å². The van der Waals surface area contributed by atoms with Crippen molar-refractivity contribution in [2.24, 2.45) is 5.92 Å². The molecule has 1 aromatic heterocycles. The van der Waals surface area contributed by atoms with E-state index >= 15 is 0 Å². The highest BCUT2D eigenvalue weighted by molar-refractivity contribution is 5.54. The van der Waals surface area contributed by atoms with E-state index in [4.69, 9.17) is 4.74 Å². The van der Waals surface area contributed by atoms with Gasteiger partial charge in [0.2, 0.25) is 0 Å². The summed E-state index contributed by atoms with van der Waals surface area (Å²) in [5.41, 5.74) is 0. The Morgan fingerprint density at radius 1 is 1.50 bits per heavy atom. The first-order valence-electron chi connectivity index (χ1n) is 5.86. The van der Waals surface area contributed by atoms with E-state index in [2.05, 4.69) is 15.2 Å². The summed E-state index contributed by atoms with van der Waals surface area (Å²) in [6.07, 6.45) is 3.10. The molecule has 2 fully saturated rings. The number of hydrogen-bond acceptors (Lipinski definition) is 4. The Bertz CT molecular complexity index is 382. The molecule has 2 atom stereocenters. The number of ether oxygens (including phenoxy) is 1. The van der Waals surface area contributed by atoms with E-state index in [1.54, 1.807) is 7.11 Å². The zero-order chi connectivity index (χ0) is 11.0. The second-order valence-corrected chi connectivity index (χ2v) is 4.50. The average Bonchev–Trinajstić information content (AvgIpc) is 2.91. The second-order valence-electron chi connectivity index (χ2n) is 4.50. The van der Waals surface area contributed by atoms with Gasteiger partial charge in [-0.05, 0) is 24.5 Å². The summed E-state index contributed by atoms with van der Waals surface area (Å²) in [4.78, 5) is 6.86. The normalized spacial score (nSPS) is 28.2. The van der Waals surface area contributed by atoms with Gasteiger partial charge in [0.1, 0.15) is 0 Å². The van der Waals surface area contributed by atoms with Crippen LogP contribution in [-0.4, -0.2) is 37.8 Å². The fourth-order valence-corrected chi connectivity index (χ4v) is 2.87. The van der Waals surface area contributed by atoms with E-state index in [0.717, 1.165) is 37.1 Å². The molecule has 3 rings (SSSR count). The number of hydrogen-bond donors (Lipinski definition) is 1. The van der Waals surface area contributed by atoms with Crippen molar-refractivity contribution in [3.63, 3.8) is 0 Å². The zero-order valence-electron chi connectivity index (χ0n) is 9.52. The highest BCUT2D eigenvalue weighted by Gasteiger charge is 2.38. The molecular formula is C12H17N3O. The number of methoxy groups -OCH3 is 1. The molecule has 0 radical (unpaired) electrons. The Labute approximate surface area is 95.6 Å². The Morgan fingerprint density at radius 3 is 3.31 bits per heavy atom. The van der Waals surface area contributed by atoms with Crippen LogP contribution >= 0.6 is 0 Å². The predicted molar refractivity (Wildman–Crippen MR) is 62.9 cm³/mol. The van der Waals surface area contributed by atoms with E-state index < -0.39 is 0 Å². The SMILES string of the molecule is COc1cccnc1N1CC[C@H]2CNC[C@H]21. The molecule has 0 unspecified atom stereocenters. The molecule has 2 aliphatic heterocycles. The molecule has 0 aliphatic carbocycles. The summed E-state index contributed by atoms with van der Waals surface area (Å²) in [6, 6.07) is 4.50. The van der Waals surface area contributed by atoms with Crippen molar-refractivity contribution in [3.05, 3.63) is 18.3 Å². The van der Waals surface area contributed by atoms with Gasteiger partial charge in [-0.1, -0.05) is 0 Å². The summed E-state index contributed by atoms with van der Waals surface area (Å²) in [5, 5.41) is 3.45. The maximum atomic E-state index is 5.38. The highest BCUT2D eigenvalue weighted by atomic mass is 16.5. The summed E-state index contributed by atoms with van der Waals surface area (Å²) in [5.74, 6) is 2.67. The van der Waals surface area contributed by atoms with E-state index in [-0.39, 0.29) is 0 Å². The number of aromatic nitrogens is 1. The number of pyridine rings is 1. The van der Waals surface area contributed by atoms with Gasteiger partial charge in [-0.15, -0.1) is 0 Å². The third-order valence-corrected chi connectivity index (χ3v) is 3.69. The van der Waals surface area contributed by atoms with Gasteiger partial charge >= 0.3 is 0 Å². The third-order valence-electron chi connectivity index (χ3n) is 3.69. The lowest BCUT2D eigenvalue weighted by Crippen LogP contribution is -2.34. The summed E-state index contributed by atoms with van der Waals surface area (Å²) < 4.78 is 5.38. The first-order valence-corrected chi connectivity index (χ1v) is 5.86. The van der Waals surface area contributed by atoms with Crippen molar-refractivity contribution >= 4 is 5.82 Å². The lowest BCUT2D eigenvalue weighted by molar-refractivity contribution is 0.411. The average molecular weight is 219 g/mol. The van der Waals surface area contributed by atoms with Crippen LogP contribution in [0.1, 0.15) is 6.42 Å².